The zero-order valence-corrected chi connectivity index (χ0v) is 14.3. The fourth-order valence-electron chi connectivity index (χ4n) is 3.74. The van der Waals surface area contributed by atoms with E-state index in [2.05, 4.69) is 10.1 Å². The van der Waals surface area contributed by atoms with E-state index in [0.717, 1.165) is 23.4 Å². The third kappa shape index (κ3) is 2.39. The molecular weight excluding hydrogens is 304 g/mol. The molecular formula is C15H24N2O4S. The summed E-state index contributed by atoms with van der Waals surface area (Å²) in [4.78, 5) is 2.17. The molecule has 2 fully saturated rings. The van der Waals surface area contributed by atoms with Crippen LogP contribution in [0.1, 0.15) is 30.4 Å². The van der Waals surface area contributed by atoms with Gasteiger partial charge in [0, 0.05) is 37.7 Å². The van der Waals surface area contributed by atoms with Crippen LogP contribution in [0.15, 0.2) is 4.52 Å². The van der Waals surface area contributed by atoms with E-state index in [-0.39, 0.29) is 5.92 Å². The number of ether oxygens (including phenoxy) is 1. The number of sulfone groups is 1. The topological polar surface area (TPSA) is 72.6 Å². The molecule has 2 aliphatic heterocycles. The Morgan fingerprint density at radius 3 is 2.73 bits per heavy atom. The second kappa shape index (κ2) is 5.62. The maximum atomic E-state index is 12.5. The second-order valence-electron chi connectivity index (χ2n) is 6.48. The lowest BCUT2D eigenvalue weighted by Crippen LogP contribution is -2.67. The zero-order chi connectivity index (χ0) is 16.0. The van der Waals surface area contributed by atoms with Gasteiger partial charge in [0.15, 0.2) is 9.84 Å². The third-order valence-electron chi connectivity index (χ3n) is 5.17. The van der Waals surface area contributed by atoms with Crippen LogP contribution in [0.5, 0.6) is 0 Å². The summed E-state index contributed by atoms with van der Waals surface area (Å²) < 4.78 is 35.1. The van der Waals surface area contributed by atoms with Crippen molar-refractivity contribution in [2.45, 2.75) is 38.5 Å². The fourth-order valence-corrected chi connectivity index (χ4v) is 6.20. The average molecular weight is 328 g/mol. The lowest BCUT2D eigenvalue weighted by atomic mass is 9.83. The Hall–Kier alpha value is -0.920. The van der Waals surface area contributed by atoms with Crippen LogP contribution >= 0.6 is 0 Å². The Bertz CT molecular complexity index is 627. The first-order chi connectivity index (χ1) is 10.4. The summed E-state index contributed by atoms with van der Waals surface area (Å²) in [6.45, 7) is 8.85. The molecule has 22 heavy (non-hydrogen) atoms. The van der Waals surface area contributed by atoms with E-state index in [0.29, 0.717) is 38.6 Å². The predicted octanol–water partition coefficient (Wildman–Crippen LogP) is 1.32. The summed E-state index contributed by atoms with van der Waals surface area (Å²) in [6.07, 6.45) is 0.724. The monoisotopic (exact) mass is 328 g/mol. The molecule has 7 heteroatoms. The summed E-state index contributed by atoms with van der Waals surface area (Å²) >= 11 is 0. The number of aromatic nitrogens is 1. The Kier molecular flexibility index (Phi) is 4.07. The van der Waals surface area contributed by atoms with Crippen molar-refractivity contribution in [1.29, 1.82) is 0 Å². The van der Waals surface area contributed by atoms with Crippen molar-refractivity contribution in [3.8, 4) is 0 Å². The van der Waals surface area contributed by atoms with Crippen molar-refractivity contribution < 1.29 is 17.7 Å². The van der Waals surface area contributed by atoms with Crippen molar-refractivity contribution >= 4 is 9.84 Å². The Morgan fingerprint density at radius 1 is 1.41 bits per heavy atom. The number of likely N-dealkylation sites (tertiary alicyclic amines) is 1. The molecule has 0 bridgehead atoms. The van der Waals surface area contributed by atoms with Crippen molar-refractivity contribution in [3.63, 3.8) is 0 Å². The Labute approximate surface area is 131 Å². The van der Waals surface area contributed by atoms with Crippen LogP contribution in [-0.2, 0) is 21.1 Å². The molecule has 2 saturated heterocycles. The lowest BCUT2D eigenvalue weighted by Gasteiger charge is -2.50. The Balaban J connectivity index is 1.71. The normalized spacial score (nSPS) is 26.4. The van der Waals surface area contributed by atoms with Gasteiger partial charge >= 0.3 is 0 Å². The first-order valence-electron chi connectivity index (χ1n) is 7.84. The summed E-state index contributed by atoms with van der Waals surface area (Å²) in [5.74, 6) is 1.24. The molecule has 3 rings (SSSR count). The molecule has 124 valence electrons. The van der Waals surface area contributed by atoms with E-state index in [9.17, 15) is 8.42 Å². The van der Waals surface area contributed by atoms with Gasteiger partial charge in [-0.25, -0.2) is 8.42 Å². The molecule has 1 aromatic heterocycles. The molecule has 1 atom stereocenters. The van der Waals surface area contributed by atoms with Gasteiger partial charge in [-0.15, -0.1) is 0 Å². The number of hydrogen-bond acceptors (Lipinski definition) is 6. The maximum absolute atomic E-state index is 12.5. The van der Waals surface area contributed by atoms with Crippen LogP contribution in [0.3, 0.4) is 0 Å². The van der Waals surface area contributed by atoms with Gasteiger partial charge in [-0.05, 0) is 27.2 Å². The van der Waals surface area contributed by atoms with E-state index >= 15 is 0 Å². The number of hydrogen-bond donors (Lipinski definition) is 0. The predicted molar refractivity (Wildman–Crippen MR) is 82.4 cm³/mol. The van der Waals surface area contributed by atoms with Crippen LogP contribution in [0, 0.1) is 19.8 Å². The van der Waals surface area contributed by atoms with Gasteiger partial charge < -0.3 is 9.26 Å². The minimum Gasteiger partial charge on any atom is -0.381 e. The fraction of sp³-hybridized carbons (Fsp3) is 0.800. The standard InChI is InChI=1S/C15H24N2O4S/c1-4-20-8-13-5-6-22(18,19)15(13)9-17(10-15)7-14-11(2)16-21-12(14)3/h13H,4-10H2,1-3H3. The maximum Gasteiger partial charge on any atom is 0.158 e. The molecule has 0 aromatic carbocycles. The van der Waals surface area contributed by atoms with Crippen LogP contribution in [0.4, 0.5) is 0 Å². The highest BCUT2D eigenvalue weighted by molar-refractivity contribution is 7.93. The van der Waals surface area contributed by atoms with Crippen molar-refractivity contribution in [2.75, 3.05) is 32.1 Å². The SMILES string of the molecule is CCOCC1CCS(=O)(=O)C12CN(Cc1c(C)noc1C)C2. The molecule has 0 radical (unpaired) electrons. The van der Waals surface area contributed by atoms with Gasteiger partial charge in [-0.2, -0.15) is 0 Å². The second-order valence-corrected chi connectivity index (χ2v) is 8.93. The van der Waals surface area contributed by atoms with Gasteiger partial charge in [0.1, 0.15) is 10.5 Å². The van der Waals surface area contributed by atoms with Crippen LogP contribution < -0.4 is 0 Å². The minimum absolute atomic E-state index is 0.123. The molecule has 1 aromatic rings. The lowest BCUT2D eigenvalue weighted by molar-refractivity contribution is 0.0289. The first kappa shape index (κ1) is 16.0. The molecule has 6 nitrogen and oxygen atoms in total. The molecule has 0 saturated carbocycles. The van der Waals surface area contributed by atoms with Crippen LogP contribution in [0.2, 0.25) is 0 Å². The largest absolute Gasteiger partial charge is 0.381 e. The van der Waals surface area contributed by atoms with Gasteiger partial charge in [-0.1, -0.05) is 5.16 Å². The molecule has 0 aliphatic carbocycles. The summed E-state index contributed by atoms with van der Waals surface area (Å²) in [6, 6.07) is 0. The van der Waals surface area contributed by atoms with Crippen LogP contribution in [0.25, 0.3) is 0 Å². The molecule has 3 heterocycles. The number of aryl methyl sites for hydroxylation is 2. The van der Waals surface area contributed by atoms with Crippen molar-refractivity contribution in [2.24, 2.45) is 5.92 Å². The molecule has 0 N–H and O–H groups in total. The van der Waals surface area contributed by atoms with Gasteiger partial charge in [0.25, 0.3) is 0 Å². The van der Waals surface area contributed by atoms with Crippen molar-refractivity contribution in [3.05, 3.63) is 17.0 Å². The van der Waals surface area contributed by atoms with Gasteiger partial charge in [0.2, 0.25) is 0 Å². The summed E-state index contributed by atoms with van der Waals surface area (Å²) in [5, 5.41) is 3.96. The van der Waals surface area contributed by atoms with E-state index in [1.54, 1.807) is 0 Å². The van der Waals surface area contributed by atoms with E-state index < -0.39 is 14.6 Å². The van der Waals surface area contributed by atoms with Gasteiger partial charge in [0.05, 0.1) is 18.1 Å². The number of nitrogens with zero attached hydrogens (tertiary/aromatic N) is 2. The minimum atomic E-state index is -3.02. The summed E-state index contributed by atoms with van der Waals surface area (Å²) in [7, 11) is -3.02. The van der Waals surface area contributed by atoms with E-state index in [1.165, 1.54) is 0 Å². The highest BCUT2D eigenvalue weighted by Gasteiger charge is 2.61. The van der Waals surface area contributed by atoms with E-state index in [1.807, 2.05) is 20.8 Å². The molecule has 2 aliphatic rings. The quantitative estimate of drug-likeness (QED) is 0.812. The number of rotatable bonds is 5. The average Bonchev–Trinajstić information content (AvgIpc) is 2.87. The molecule has 1 spiro atoms. The highest BCUT2D eigenvalue weighted by atomic mass is 32.2. The molecule has 0 amide bonds. The van der Waals surface area contributed by atoms with Gasteiger partial charge in [-0.3, -0.25) is 4.90 Å². The highest BCUT2D eigenvalue weighted by Crippen LogP contribution is 2.45. The first-order valence-corrected chi connectivity index (χ1v) is 9.49. The third-order valence-corrected chi connectivity index (χ3v) is 7.77. The van der Waals surface area contributed by atoms with Crippen molar-refractivity contribution in [1.82, 2.24) is 10.1 Å². The summed E-state index contributed by atoms with van der Waals surface area (Å²) in [5.41, 5.74) is 1.96. The molecule has 1 unspecified atom stereocenters. The smallest absolute Gasteiger partial charge is 0.158 e. The van der Waals surface area contributed by atoms with Crippen LogP contribution in [-0.4, -0.2) is 55.3 Å². The Morgan fingerprint density at radius 2 is 2.14 bits per heavy atom. The zero-order valence-electron chi connectivity index (χ0n) is 13.5. The van der Waals surface area contributed by atoms with E-state index in [4.69, 9.17) is 9.26 Å².